The van der Waals surface area contributed by atoms with Gasteiger partial charge in [0.15, 0.2) is 6.10 Å². The van der Waals surface area contributed by atoms with Gasteiger partial charge >= 0.3 is 5.97 Å². The monoisotopic (exact) mass is 457 g/mol. The molecule has 0 spiro atoms. The minimum absolute atomic E-state index is 0.0550. The SMILES string of the molecule is CO.COC(=O)[C@@H]1C[C@H](O)C[C@H](Oc2ccc(C3C(CCC(C)O)C(=O)N3P)cc2)O1. The van der Waals surface area contributed by atoms with E-state index in [4.69, 9.17) is 14.6 Å². The third kappa shape index (κ3) is 6.37. The lowest BCUT2D eigenvalue weighted by Gasteiger charge is -2.45. The zero-order chi connectivity index (χ0) is 23.1. The zero-order valence-corrected chi connectivity index (χ0v) is 19.2. The number of aliphatic hydroxyl groups excluding tert-OH is 3. The van der Waals surface area contributed by atoms with E-state index in [9.17, 15) is 19.8 Å². The number of amides is 1. The van der Waals surface area contributed by atoms with Gasteiger partial charge in [-0.2, -0.15) is 0 Å². The first kappa shape index (κ1) is 25.5. The molecule has 3 N–H and O–H groups in total. The third-order valence-electron chi connectivity index (χ3n) is 5.37. The van der Waals surface area contributed by atoms with Crippen molar-refractivity contribution in [1.82, 2.24) is 4.67 Å². The fraction of sp³-hybridized carbons (Fsp3) is 0.619. The van der Waals surface area contributed by atoms with Gasteiger partial charge in [-0.3, -0.25) is 4.79 Å². The van der Waals surface area contributed by atoms with Crippen molar-refractivity contribution < 1.29 is 39.1 Å². The molecule has 1 aromatic rings. The third-order valence-corrected chi connectivity index (χ3v) is 5.94. The van der Waals surface area contributed by atoms with Gasteiger partial charge in [0.05, 0.1) is 31.3 Å². The normalized spacial score (nSPS) is 28.7. The van der Waals surface area contributed by atoms with E-state index in [0.29, 0.717) is 18.6 Å². The minimum atomic E-state index is -0.852. The number of aliphatic hydroxyl groups is 3. The molecule has 1 aromatic carbocycles. The quantitative estimate of drug-likeness (QED) is 0.317. The van der Waals surface area contributed by atoms with E-state index in [1.807, 2.05) is 12.1 Å². The topological polar surface area (TPSA) is 126 Å². The summed E-state index contributed by atoms with van der Waals surface area (Å²) in [5.74, 6) is -0.0880. The second-order valence-corrected chi connectivity index (χ2v) is 8.17. The highest BCUT2D eigenvalue weighted by Gasteiger charge is 2.45. The molecule has 0 saturated carbocycles. The predicted octanol–water partition coefficient (Wildman–Crippen LogP) is 1.16. The van der Waals surface area contributed by atoms with E-state index in [1.165, 1.54) is 7.11 Å². The van der Waals surface area contributed by atoms with Crippen molar-refractivity contribution in [3.05, 3.63) is 29.8 Å². The Morgan fingerprint density at radius 1 is 1.29 bits per heavy atom. The summed E-state index contributed by atoms with van der Waals surface area (Å²) < 4.78 is 17.7. The van der Waals surface area contributed by atoms with Crippen molar-refractivity contribution in [3.63, 3.8) is 0 Å². The van der Waals surface area contributed by atoms with Crippen LogP contribution in [-0.2, 0) is 19.1 Å². The summed E-state index contributed by atoms with van der Waals surface area (Å²) in [5, 5.41) is 26.5. The molecule has 0 aromatic heterocycles. The number of esters is 1. The number of β-lactam (4-membered cyclic amide) rings is 1. The van der Waals surface area contributed by atoms with Gasteiger partial charge in [-0.15, -0.1) is 0 Å². The summed E-state index contributed by atoms with van der Waals surface area (Å²) in [4.78, 5) is 23.8. The van der Waals surface area contributed by atoms with Crippen LogP contribution in [0.1, 0.15) is 44.2 Å². The Morgan fingerprint density at radius 2 is 1.94 bits per heavy atom. The second kappa shape index (κ2) is 11.7. The van der Waals surface area contributed by atoms with Gasteiger partial charge in [0.25, 0.3) is 0 Å². The molecule has 2 heterocycles. The minimum Gasteiger partial charge on any atom is -0.467 e. The molecule has 2 saturated heterocycles. The largest absolute Gasteiger partial charge is 0.467 e. The molecule has 0 aliphatic carbocycles. The Morgan fingerprint density at radius 3 is 2.52 bits per heavy atom. The van der Waals surface area contributed by atoms with Crippen LogP contribution in [0.2, 0.25) is 0 Å². The van der Waals surface area contributed by atoms with Gasteiger partial charge in [0.1, 0.15) is 5.75 Å². The molecule has 2 aliphatic rings. The number of hydrogen-bond donors (Lipinski definition) is 3. The van der Waals surface area contributed by atoms with Crippen molar-refractivity contribution in [2.45, 2.75) is 63.3 Å². The highest BCUT2D eigenvalue weighted by molar-refractivity contribution is 7.15. The lowest BCUT2D eigenvalue weighted by atomic mass is 9.81. The molecule has 10 heteroatoms. The lowest BCUT2D eigenvalue weighted by molar-refractivity contribution is -0.197. The Kier molecular flexibility index (Phi) is 9.65. The first-order valence-corrected chi connectivity index (χ1v) is 10.7. The fourth-order valence-corrected chi connectivity index (χ4v) is 4.36. The first-order chi connectivity index (χ1) is 14.8. The zero-order valence-electron chi connectivity index (χ0n) is 18.0. The van der Waals surface area contributed by atoms with Crippen molar-refractivity contribution in [3.8, 4) is 5.75 Å². The first-order valence-electron chi connectivity index (χ1n) is 10.2. The molecule has 2 aliphatic heterocycles. The highest BCUT2D eigenvalue weighted by Crippen LogP contribution is 2.45. The van der Waals surface area contributed by atoms with Crippen LogP contribution < -0.4 is 4.74 Å². The number of hydrogen-bond acceptors (Lipinski definition) is 8. The van der Waals surface area contributed by atoms with Gasteiger partial charge < -0.3 is 34.2 Å². The molecule has 31 heavy (non-hydrogen) atoms. The Hall–Kier alpha value is -1.77. The van der Waals surface area contributed by atoms with Crippen molar-refractivity contribution in [1.29, 1.82) is 0 Å². The molecule has 4 unspecified atom stereocenters. The summed E-state index contributed by atoms with van der Waals surface area (Å²) in [5.41, 5.74) is 0.972. The average Bonchev–Trinajstić information content (AvgIpc) is 2.77. The summed E-state index contributed by atoms with van der Waals surface area (Å²) in [6, 6.07) is 7.27. The van der Waals surface area contributed by atoms with Crippen LogP contribution in [0, 0.1) is 5.92 Å². The molecule has 7 atom stereocenters. The molecule has 0 radical (unpaired) electrons. The highest BCUT2D eigenvalue weighted by atomic mass is 31.0. The number of rotatable bonds is 7. The van der Waals surface area contributed by atoms with E-state index >= 15 is 0 Å². The number of ether oxygens (including phenoxy) is 3. The van der Waals surface area contributed by atoms with E-state index in [-0.39, 0.29) is 30.7 Å². The number of carbonyl (C=O) groups is 2. The number of carbonyl (C=O) groups excluding carboxylic acids is 2. The van der Waals surface area contributed by atoms with Gasteiger partial charge in [-0.25, -0.2) is 4.79 Å². The van der Waals surface area contributed by atoms with Crippen LogP contribution >= 0.6 is 9.39 Å². The lowest BCUT2D eigenvalue weighted by Crippen LogP contribution is -2.49. The van der Waals surface area contributed by atoms with Crippen molar-refractivity contribution in [2.24, 2.45) is 5.92 Å². The van der Waals surface area contributed by atoms with E-state index in [1.54, 1.807) is 23.7 Å². The maximum Gasteiger partial charge on any atom is 0.335 e. The molecule has 174 valence electrons. The smallest absolute Gasteiger partial charge is 0.335 e. The van der Waals surface area contributed by atoms with Gasteiger partial charge in [-0.05, 0) is 46.9 Å². The van der Waals surface area contributed by atoms with E-state index in [0.717, 1.165) is 12.7 Å². The van der Waals surface area contributed by atoms with Gasteiger partial charge in [-0.1, -0.05) is 12.1 Å². The van der Waals surface area contributed by atoms with Crippen LogP contribution in [0.15, 0.2) is 24.3 Å². The summed E-state index contributed by atoms with van der Waals surface area (Å²) in [6.45, 7) is 1.72. The van der Waals surface area contributed by atoms with Crippen LogP contribution in [0.5, 0.6) is 5.75 Å². The van der Waals surface area contributed by atoms with E-state index < -0.39 is 30.6 Å². The van der Waals surface area contributed by atoms with Crippen molar-refractivity contribution >= 4 is 21.3 Å². The second-order valence-electron chi connectivity index (χ2n) is 7.61. The number of benzene rings is 1. The molecule has 2 fully saturated rings. The molecule has 3 rings (SSSR count). The number of methoxy groups -OCH3 is 1. The van der Waals surface area contributed by atoms with E-state index in [2.05, 4.69) is 14.1 Å². The summed E-state index contributed by atoms with van der Waals surface area (Å²) >= 11 is 0. The summed E-state index contributed by atoms with van der Waals surface area (Å²) in [7, 11) is 4.73. The maximum absolute atomic E-state index is 12.1. The predicted molar refractivity (Wildman–Crippen MR) is 115 cm³/mol. The fourth-order valence-electron chi connectivity index (χ4n) is 3.78. The standard InChI is InChI=1S/C20H28NO7P.CH4O/c1-11(22)3-8-15-18(21(29)19(15)24)12-4-6-14(7-5-12)27-17-10-13(23)9-16(28-17)20(25)26-2;1-2/h4-7,11,13,15-18,22-23H,3,8-10,29H2,1-2H3;2H,1H3/t11?,13-,15?,16-,17+,18?;/m0./s1. The maximum atomic E-state index is 12.1. The van der Waals surface area contributed by atoms with Crippen LogP contribution in [0.4, 0.5) is 0 Å². The Labute approximate surface area is 184 Å². The average molecular weight is 457 g/mol. The van der Waals surface area contributed by atoms with Crippen LogP contribution in [-0.4, -0.2) is 70.7 Å². The molecular formula is C21H32NO8P. The molecular weight excluding hydrogens is 425 g/mol. The Bertz CT molecular complexity index is 729. The molecule has 1 amide bonds. The molecule has 9 nitrogen and oxygen atoms in total. The molecule has 0 bridgehead atoms. The van der Waals surface area contributed by atoms with Gasteiger partial charge in [0, 0.05) is 20.0 Å². The summed E-state index contributed by atoms with van der Waals surface area (Å²) in [6.07, 6.45) is -1.10. The Balaban J connectivity index is 0.00000166. The van der Waals surface area contributed by atoms with Crippen molar-refractivity contribution in [2.75, 3.05) is 14.2 Å². The number of nitrogens with zero attached hydrogens (tertiary/aromatic N) is 1. The van der Waals surface area contributed by atoms with Crippen LogP contribution in [0.25, 0.3) is 0 Å². The van der Waals surface area contributed by atoms with Gasteiger partial charge in [0.2, 0.25) is 12.2 Å². The van der Waals surface area contributed by atoms with Crippen LogP contribution in [0.3, 0.4) is 0 Å².